The number of hydrogen-bond donors (Lipinski definition) is 1. The molecule has 1 aromatic rings. The van der Waals surface area contributed by atoms with Gasteiger partial charge in [0.2, 0.25) is 0 Å². The summed E-state index contributed by atoms with van der Waals surface area (Å²) in [5.74, 6) is 0. The summed E-state index contributed by atoms with van der Waals surface area (Å²) in [6.07, 6.45) is 0.959. The van der Waals surface area contributed by atoms with Crippen molar-refractivity contribution >= 4 is 11.6 Å². The van der Waals surface area contributed by atoms with Crippen molar-refractivity contribution in [3.8, 4) is 0 Å². The van der Waals surface area contributed by atoms with Gasteiger partial charge in [0.15, 0.2) is 0 Å². The summed E-state index contributed by atoms with van der Waals surface area (Å²) in [7, 11) is 0. The first-order valence-corrected chi connectivity index (χ1v) is 6.16. The van der Waals surface area contributed by atoms with Crippen molar-refractivity contribution < 1.29 is 0 Å². The van der Waals surface area contributed by atoms with Crippen LogP contribution in [0.1, 0.15) is 12.0 Å². The predicted molar refractivity (Wildman–Crippen MR) is 68.5 cm³/mol. The molecule has 3 heteroatoms. The maximum atomic E-state index is 5.88. The van der Waals surface area contributed by atoms with Crippen LogP contribution < -0.4 is 5.32 Å². The van der Waals surface area contributed by atoms with Crippen molar-refractivity contribution in [1.82, 2.24) is 10.2 Å². The molecule has 0 bridgehead atoms. The van der Waals surface area contributed by atoms with Gasteiger partial charge in [-0.3, -0.25) is 4.90 Å². The second-order valence-corrected chi connectivity index (χ2v) is 4.68. The van der Waals surface area contributed by atoms with E-state index in [0.717, 1.165) is 37.6 Å². The highest BCUT2D eigenvalue weighted by atomic mass is 35.5. The molecular weight excluding hydrogens is 220 g/mol. The molecule has 87 valence electrons. The molecule has 2 nitrogen and oxygen atoms in total. The van der Waals surface area contributed by atoms with Crippen molar-refractivity contribution in [1.29, 1.82) is 0 Å². The lowest BCUT2D eigenvalue weighted by Gasteiger charge is -2.35. The third kappa shape index (κ3) is 2.97. The molecule has 1 aliphatic heterocycles. The van der Waals surface area contributed by atoms with E-state index < -0.39 is 0 Å². The van der Waals surface area contributed by atoms with Crippen LogP contribution in [0.25, 0.3) is 0 Å². The molecule has 16 heavy (non-hydrogen) atoms. The van der Waals surface area contributed by atoms with Crippen molar-refractivity contribution in [2.24, 2.45) is 0 Å². The zero-order valence-corrected chi connectivity index (χ0v) is 10.2. The Morgan fingerprint density at radius 2 is 2.12 bits per heavy atom. The van der Waals surface area contributed by atoms with E-state index in [9.17, 15) is 0 Å². The fourth-order valence-electron chi connectivity index (χ4n) is 2.12. The van der Waals surface area contributed by atoms with E-state index in [-0.39, 0.29) is 0 Å². The van der Waals surface area contributed by atoms with Gasteiger partial charge >= 0.3 is 0 Å². The van der Waals surface area contributed by atoms with Crippen LogP contribution in [0.3, 0.4) is 0 Å². The summed E-state index contributed by atoms with van der Waals surface area (Å²) in [4.78, 5) is 2.49. The molecule has 1 fully saturated rings. The third-order valence-corrected chi connectivity index (χ3v) is 3.36. The number of rotatable bonds is 3. The lowest BCUT2D eigenvalue weighted by molar-refractivity contribution is 0.153. The van der Waals surface area contributed by atoms with Crippen molar-refractivity contribution in [3.05, 3.63) is 41.8 Å². The van der Waals surface area contributed by atoms with Crippen LogP contribution in [-0.4, -0.2) is 30.6 Å². The fourth-order valence-corrected chi connectivity index (χ4v) is 2.25. The van der Waals surface area contributed by atoms with Crippen LogP contribution in [0, 0.1) is 6.92 Å². The molecular formula is C13H18ClN2. The Bertz CT molecular complexity index is 323. The first-order valence-electron chi connectivity index (χ1n) is 5.78. The largest absolute Gasteiger partial charge is 0.314 e. The second kappa shape index (κ2) is 5.67. The van der Waals surface area contributed by atoms with Crippen LogP contribution in [0.4, 0.5) is 0 Å². The molecule has 1 atom stereocenters. The van der Waals surface area contributed by atoms with E-state index in [1.807, 2.05) is 12.1 Å². The number of nitrogens with one attached hydrogen (secondary N) is 1. The molecule has 1 aliphatic rings. The number of nitrogens with zero attached hydrogens (tertiary/aromatic N) is 1. The summed E-state index contributed by atoms with van der Waals surface area (Å²) < 4.78 is 0. The Morgan fingerprint density at radius 1 is 1.38 bits per heavy atom. The molecule has 0 aromatic heterocycles. The summed E-state index contributed by atoms with van der Waals surface area (Å²) in [6.45, 7) is 8.24. The molecule has 0 saturated carbocycles. The highest BCUT2D eigenvalue weighted by Gasteiger charge is 2.20. The van der Waals surface area contributed by atoms with Crippen molar-refractivity contribution in [3.63, 3.8) is 0 Å². The van der Waals surface area contributed by atoms with Crippen LogP contribution in [0.2, 0.25) is 5.02 Å². The monoisotopic (exact) mass is 237 g/mol. The zero-order chi connectivity index (χ0) is 11.4. The Morgan fingerprint density at radius 3 is 2.81 bits per heavy atom. The summed E-state index contributed by atoms with van der Waals surface area (Å²) >= 11 is 5.88. The summed E-state index contributed by atoms with van der Waals surface area (Å²) in [5.41, 5.74) is 1.32. The SMILES string of the molecule is [CH2]CC1CNCCN1Cc1ccc(Cl)cc1. The first-order chi connectivity index (χ1) is 7.79. The number of piperazine rings is 1. The normalized spacial score (nSPS) is 22.2. The van der Waals surface area contributed by atoms with Gasteiger partial charge in [-0.15, -0.1) is 0 Å². The third-order valence-electron chi connectivity index (χ3n) is 3.10. The Kier molecular flexibility index (Phi) is 4.22. The molecule has 0 spiro atoms. The van der Waals surface area contributed by atoms with Crippen molar-refractivity contribution in [2.45, 2.75) is 19.0 Å². The Labute approximate surface area is 103 Å². The molecule has 1 radical (unpaired) electrons. The minimum Gasteiger partial charge on any atom is -0.314 e. The number of benzene rings is 1. The van der Waals surface area contributed by atoms with Crippen LogP contribution >= 0.6 is 11.6 Å². The van der Waals surface area contributed by atoms with E-state index in [1.54, 1.807) is 0 Å². The molecule has 0 amide bonds. The Balaban J connectivity index is 1.99. The molecule has 2 rings (SSSR count). The van der Waals surface area contributed by atoms with Gasteiger partial charge in [-0.05, 0) is 24.1 Å². The number of halogens is 1. The number of hydrogen-bond acceptors (Lipinski definition) is 2. The molecule has 1 saturated heterocycles. The average molecular weight is 238 g/mol. The predicted octanol–water partition coefficient (Wildman–Crippen LogP) is 2.34. The van der Waals surface area contributed by atoms with Gasteiger partial charge in [0.1, 0.15) is 0 Å². The maximum Gasteiger partial charge on any atom is 0.0406 e. The van der Waals surface area contributed by atoms with E-state index in [0.29, 0.717) is 6.04 Å². The van der Waals surface area contributed by atoms with Gasteiger partial charge in [-0.25, -0.2) is 0 Å². The lowest BCUT2D eigenvalue weighted by atomic mass is 10.1. The molecule has 0 aliphatic carbocycles. The average Bonchev–Trinajstić information content (AvgIpc) is 2.33. The molecule has 1 unspecified atom stereocenters. The van der Waals surface area contributed by atoms with Crippen LogP contribution in [-0.2, 0) is 6.54 Å². The fraction of sp³-hybridized carbons (Fsp3) is 0.462. The van der Waals surface area contributed by atoms with Gasteiger partial charge in [0.25, 0.3) is 0 Å². The van der Waals surface area contributed by atoms with E-state index in [4.69, 9.17) is 11.6 Å². The standard InChI is InChI=1S/C13H18ClN2/c1-2-13-9-15-7-8-16(13)10-11-3-5-12(14)6-4-11/h3-6,13,15H,1-2,7-10H2. The zero-order valence-electron chi connectivity index (χ0n) is 9.45. The summed E-state index contributed by atoms with van der Waals surface area (Å²) in [6, 6.07) is 8.68. The molecule has 1 N–H and O–H groups in total. The minimum atomic E-state index is 0.560. The topological polar surface area (TPSA) is 15.3 Å². The minimum absolute atomic E-state index is 0.560. The first kappa shape index (κ1) is 11.9. The van der Waals surface area contributed by atoms with Gasteiger partial charge in [-0.2, -0.15) is 0 Å². The quantitative estimate of drug-likeness (QED) is 0.868. The van der Waals surface area contributed by atoms with Crippen LogP contribution in [0.5, 0.6) is 0 Å². The van der Waals surface area contributed by atoms with Gasteiger partial charge in [-0.1, -0.05) is 30.7 Å². The highest BCUT2D eigenvalue weighted by molar-refractivity contribution is 6.30. The Hall–Kier alpha value is -0.570. The van der Waals surface area contributed by atoms with E-state index in [1.165, 1.54) is 5.56 Å². The van der Waals surface area contributed by atoms with Crippen LogP contribution in [0.15, 0.2) is 24.3 Å². The molecule has 1 aromatic carbocycles. The highest BCUT2D eigenvalue weighted by Crippen LogP contribution is 2.15. The summed E-state index contributed by atoms with van der Waals surface area (Å²) in [5, 5.41) is 4.21. The smallest absolute Gasteiger partial charge is 0.0406 e. The van der Waals surface area contributed by atoms with Gasteiger partial charge in [0.05, 0.1) is 0 Å². The van der Waals surface area contributed by atoms with E-state index >= 15 is 0 Å². The van der Waals surface area contributed by atoms with Gasteiger partial charge < -0.3 is 5.32 Å². The molecule has 1 heterocycles. The van der Waals surface area contributed by atoms with Gasteiger partial charge in [0, 0.05) is 37.2 Å². The lowest BCUT2D eigenvalue weighted by Crippen LogP contribution is -2.50. The van der Waals surface area contributed by atoms with Crippen molar-refractivity contribution in [2.75, 3.05) is 19.6 Å². The maximum absolute atomic E-state index is 5.88. The second-order valence-electron chi connectivity index (χ2n) is 4.24. The van der Waals surface area contributed by atoms with E-state index in [2.05, 4.69) is 29.3 Å².